The highest BCUT2D eigenvalue weighted by Crippen LogP contribution is 2.19. The van der Waals surface area contributed by atoms with Gasteiger partial charge in [0.05, 0.1) is 6.61 Å². The van der Waals surface area contributed by atoms with Crippen LogP contribution in [-0.2, 0) is 25.5 Å². The molecule has 2 aromatic carbocycles. The van der Waals surface area contributed by atoms with Gasteiger partial charge in [0, 0.05) is 12.8 Å². The molecular weight excluding hydrogens is 344 g/mol. The first-order chi connectivity index (χ1) is 13.1. The van der Waals surface area contributed by atoms with Crippen LogP contribution >= 0.6 is 0 Å². The molecule has 0 aromatic heterocycles. The van der Waals surface area contributed by atoms with Crippen LogP contribution in [-0.4, -0.2) is 29.4 Å². The quantitative estimate of drug-likeness (QED) is 0.368. The summed E-state index contributed by atoms with van der Waals surface area (Å²) < 4.78 is 4.87. The molecule has 0 heterocycles. The second-order valence-corrected chi connectivity index (χ2v) is 6.33. The first-order valence-electron chi connectivity index (χ1n) is 9.12. The molecule has 0 aliphatic heterocycles. The van der Waals surface area contributed by atoms with E-state index in [0.717, 1.165) is 16.7 Å². The predicted molar refractivity (Wildman–Crippen MR) is 102 cm³/mol. The number of ketones is 1. The fourth-order valence-electron chi connectivity index (χ4n) is 2.67. The van der Waals surface area contributed by atoms with Crippen LogP contribution in [0.15, 0.2) is 54.6 Å². The van der Waals surface area contributed by atoms with Gasteiger partial charge < -0.3 is 9.84 Å². The highest BCUT2D eigenvalue weighted by Gasteiger charge is 2.14. The van der Waals surface area contributed by atoms with Gasteiger partial charge in [-0.3, -0.25) is 9.59 Å². The van der Waals surface area contributed by atoms with Gasteiger partial charge in [0.1, 0.15) is 0 Å². The molecule has 0 unspecified atom stereocenters. The Morgan fingerprint density at radius 1 is 0.778 bits per heavy atom. The molecule has 0 saturated heterocycles. The van der Waals surface area contributed by atoms with Crippen molar-refractivity contribution in [3.8, 4) is 11.1 Å². The zero-order valence-corrected chi connectivity index (χ0v) is 15.2. The van der Waals surface area contributed by atoms with E-state index in [1.165, 1.54) is 0 Å². The van der Waals surface area contributed by atoms with Crippen LogP contribution in [0.2, 0.25) is 0 Å². The molecule has 0 saturated carbocycles. The lowest BCUT2D eigenvalue weighted by Crippen LogP contribution is -2.18. The van der Waals surface area contributed by atoms with Crippen molar-refractivity contribution >= 4 is 17.7 Å². The van der Waals surface area contributed by atoms with Crippen LogP contribution in [0.1, 0.15) is 37.7 Å². The largest absolute Gasteiger partial charge is 0.481 e. The summed E-state index contributed by atoms with van der Waals surface area (Å²) in [6, 6.07) is 18.3. The number of unbranched alkanes of at least 4 members (excludes halogenated alkanes) is 1. The molecule has 2 aromatic rings. The summed E-state index contributed by atoms with van der Waals surface area (Å²) >= 11 is 0. The minimum atomic E-state index is -0.880. The Morgan fingerprint density at radius 3 is 2.11 bits per heavy atom. The highest BCUT2D eigenvalue weighted by atomic mass is 16.5. The average molecular weight is 368 g/mol. The van der Waals surface area contributed by atoms with Crippen LogP contribution in [0, 0.1) is 0 Å². The summed E-state index contributed by atoms with van der Waals surface area (Å²) in [5.41, 5.74) is 3.41. The molecule has 142 valence electrons. The number of benzene rings is 2. The Bertz CT molecular complexity index is 750. The molecule has 0 spiro atoms. The van der Waals surface area contributed by atoms with Crippen molar-refractivity contribution in [2.75, 3.05) is 6.61 Å². The molecule has 5 heteroatoms. The summed E-state index contributed by atoms with van der Waals surface area (Å²) in [6.07, 6.45) is 2.35. The summed E-state index contributed by atoms with van der Waals surface area (Å²) in [5, 5.41) is 8.51. The number of Topliss-reactive ketones (excluding diaryl/α,β-unsaturated/α-hetero) is 1. The number of hydrogen-bond acceptors (Lipinski definition) is 4. The topological polar surface area (TPSA) is 80.7 Å². The Hall–Kier alpha value is -2.95. The number of carboxylic acids is 1. The van der Waals surface area contributed by atoms with Gasteiger partial charge in [0.2, 0.25) is 5.78 Å². The van der Waals surface area contributed by atoms with Crippen molar-refractivity contribution < 1.29 is 24.2 Å². The lowest BCUT2D eigenvalue weighted by Gasteiger charge is -2.05. The molecule has 0 aliphatic carbocycles. The van der Waals surface area contributed by atoms with Gasteiger partial charge >= 0.3 is 11.9 Å². The van der Waals surface area contributed by atoms with E-state index in [0.29, 0.717) is 25.7 Å². The number of esters is 1. The summed E-state index contributed by atoms with van der Waals surface area (Å²) in [7, 11) is 0. The molecule has 1 N–H and O–H groups in total. The zero-order valence-electron chi connectivity index (χ0n) is 15.2. The van der Waals surface area contributed by atoms with Gasteiger partial charge in [-0.2, -0.15) is 0 Å². The van der Waals surface area contributed by atoms with Gasteiger partial charge in [-0.05, 0) is 42.4 Å². The van der Waals surface area contributed by atoms with E-state index in [1.54, 1.807) is 0 Å². The monoisotopic (exact) mass is 368 g/mol. The molecule has 5 nitrogen and oxygen atoms in total. The van der Waals surface area contributed by atoms with Crippen LogP contribution in [0.5, 0.6) is 0 Å². The number of carbonyl (C=O) groups is 3. The first kappa shape index (κ1) is 20.4. The molecular formula is C22H24O5. The third-order valence-electron chi connectivity index (χ3n) is 4.18. The second-order valence-electron chi connectivity index (χ2n) is 6.33. The third-order valence-corrected chi connectivity index (χ3v) is 4.18. The molecule has 0 amide bonds. The lowest BCUT2D eigenvalue weighted by atomic mass is 10.0. The van der Waals surface area contributed by atoms with Crippen LogP contribution in [0.3, 0.4) is 0 Å². The Balaban J connectivity index is 1.67. The highest BCUT2D eigenvalue weighted by molar-refractivity contribution is 6.33. The Morgan fingerprint density at radius 2 is 1.44 bits per heavy atom. The summed E-state index contributed by atoms with van der Waals surface area (Å²) in [5.74, 6) is -2.24. The maximum atomic E-state index is 11.8. The van der Waals surface area contributed by atoms with Crippen molar-refractivity contribution in [2.24, 2.45) is 0 Å². The normalized spacial score (nSPS) is 10.4. The van der Waals surface area contributed by atoms with E-state index in [9.17, 15) is 14.4 Å². The average Bonchev–Trinajstić information content (AvgIpc) is 2.68. The van der Waals surface area contributed by atoms with E-state index in [-0.39, 0.29) is 19.4 Å². The van der Waals surface area contributed by atoms with Crippen LogP contribution < -0.4 is 0 Å². The number of aryl methyl sites for hydroxylation is 1. The van der Waals surface area contributed by atoms with Gasteiger partial charge in [-0.25, -0.2) is 4.79 Å². The van der Waals surface area contributed by atoms with Gasteiger partial charge in [0.15, 0.2) is 0 Å². The van der Waals surface area contributed by atoms with Crippen molar-refractivity contribution in [1.82, 2.24) is 0 Å². The van der Waals surface area contributed by atoms with Gasteiger partial charge in [-0.1, -0.05) is 54.6 Å². The maximum Gasteiger partial charge on any atom is 0.374 e. The second kappa shape index (κ2) is 10.9. The van der Waals surface area contributed by atoms with Gasteiger partial charge in [0.25, 0.3) is 0 Å². The van der Waals surface area contributed by atoms with Crippen molar-refractivity contribution in [3.05, 3.63) is 60.2 Å². The van der Waals surface area contributed by atoms with Crippen molar-refractivity contribution in [1.29, 1.82) is 0 Å². The molecule has 27 heavy (non-hydrogen) atoms. The fourth-order valence-corrected chi connectivity index (χ4v) is 2.67. The fraction of sp³-hybridized carbons (Fsp3) is 0.318. The Kier molecular flexibility index (Phi) is 8.23. The summed E-state index contributed by atoms with van der Waals surface area (Å²) in [6.45, 7) is 0.0821. The molecule has 2 rings (SSSR count). The zero-order chi connectivity index (χ0) is 19.5. The summed E-state index contributed by atoms with van der Waals surface area (Å²) in [4.78, 5) is 33.7. The molecule has 0 atom stereocenters. The van der Waals surface area contributed by atoms with E-state index in [2.05, 4.69) is 24.3 Å². The number of hydrogen-bond donors (Lipinski definition) is 1. The number of rotatable bonds is 11. The smallest absolute Gasteiger partial charge is 0.374 e. The molecule has 0 fully saturated rings. The molecule has 0 radical (unpaired) electrons. The number of carboxylic acid groups (broad SMARTS) is 1. The number of ether oxygens (including phenoxy) is 1. The number of aliphatic carboxylic acids is 1. The lowest BCUT2D eigenvalue weighted by molar-refractivity contribution is -0.154. The standard InChI is InChI=1S/C22H24O5/c23-20(22(26)27-16-5-4-11-21(24)25)10-6-7-17-12-14-19(15-13-17)18-8-2-1-3-9-18/h1-3,8-9,12-15H,4-7,10-11,16H2,(H,24,25). The van der Waals surface area contributed by atoms with E-state index < -0.39 is 17.7 Å². The first-order valence-corrected chi connectivity index (χ1v) is 9.12. The molecule has 0 bridgehead atoms. The van der Waals surface area contributed by atoms with Crippen LogP contribution in [0.25, 0.3) is 11.1 Å². The third kappa shape index (κ3) is 7.44. The SMILES string of the molecule is O=C(O)CCCCOC(=O)C(=O)CCCc1ccc(-c2ccccc2)cc1. The minimum Gasteiger partial charge on any atom is -0.481 e. The number of carbonyl (C=O) groups excluding carboxylic acids is 2. The van der Waals surface area contributed by atoms with Gasteiger partial charge in [-0.15, -0.1) is 0 Å². The van der Waals surface area contributed by atoms with E-state index in [4.69, 9.17) is 9.84 Å². The maximum absolute atomic E-state index is 11.8. The van der Waals surface area contributed by atoms with E-state index in [1.807, 2.05) is 30.3 Å². The minimum absolute atomic E-state index is 0.0363. The van der Waals surface area contributed by atoms with Crippen LogP contribution in [0.4, 0.5) is 0 Å². The van der Waals surface area contributed by atoms with Crippen molar-refractivity contribution in [2.45, 2.75) is 38.5 Å². The predicted octanol–water partition coefficient (Wildman–Crippen LogP) is 4.04. The van der Waals surface area contributed by atoms with Crippen molar-refractivity contribution in [3.63, 3.8) is 0 Å². The molecule has 0 aliphatic rings. The Labute approximate surface area is 159 Å². The van der Waals surface area contributed by atoms with E-state index >= 15 is 0 Å².